The van der Waals surface area contributed by atoms with Crippen molar-refractivity contribution < 1.29 is 14.3 Å². The van der Waals surface area contributed by atoms with Gasteiger partial charge < -0.3 is 14.4 Å². The molecule has 1 aliphatic rings. The molecule has 0 atom stereocenters. The van der Waals surface area contributed by atoms with E-state index in [9.17, 15) is 4.79 Å². The highest BCUT2D eigenvalue weighted by molar-refractivity contribution is 7.95. The molecule has 0 spiro atoms. The summed E-state index contributed by atoms with van der Waals surface area (Å²) in [4.78, 5) is 14.6. The van der Waals surface area contributed by atoms with Gasteiger partial charge in [0.15, 0.2) is 11.5 Å². The monoisotopic (exact) mass is 339 g/mol. The number of piperidine rings is 1. The van der Waals surface area contributed by atoms with Crippen LogP contribution in [0.2, 0.25) is 0 Å². The Bertz CT molecular complexity index is 519. The molecule has 7 heteroatoms. The van der Waals surface area contributed by atoms with E-state index >= 15 is 0 Å². The number of nitrogens with one attached hydrogen (secondary N) is 1. The third-order valence-electron chi connectivity index (χ3n) is 4.27. The summed E-state index contributed by atoms with van der Waals surface area (Å²) < 4.78 is 13.5. The normalized spacial score (nSPS) is 15.5. The van der Waals surface area contributed by atoms with E-state index in [1.54, 1.807) is 32.4 Å². The number of benzene rings is 1. The summed E-state index contributed by atoms with van der Waals surface area (Å²) in [6.45, 7) is 2.51. The lowest BCUT2D eigenvalue weighted by Gasteiger charge is -2.32. The number of ether oxygens (including phenoxy) is 2. The topological polar surface area (TPSA) is 76.8 Å². The molecule has 0 unspecified atom stereocenters. The molecule has 128 valence electrons. The number of nitrogens with two attached hydrogens (primary N) is 1. The van der Waals surface area contributed by atoms with E-state index in [0.717, 1.165) is 51.0 Å². The first-order chi connectivity index (χ1) is 11.2. The summed E-state index contributed by atoms with van der Waals surface area (Å²) in [5.74, 6) is 1.93. The van der Waals surface area contributed by atoms with Crippen LogP contribution < -0.4 is 19.3 Å². The second-order valence-electron chi connectivity index (χ2n) is 5.61. The third-order valence-corrected chi connectivity index (χ3v) is 4.64. The van der Waals surface area contributed by atoms with Crippen LogP contribution in [0.3, 0.4) is 0 Å². The number of amides is 1. The van der Waals surface area contributed by atoms with Crippen LogP contribution in [0, 0.1) is 5.92 Å². The van der Waals surface area contributed by atoms with Crippen molar-refractivity contribution in [1.82, 2.24) is 9.62 Å². The fourth-order valence-corrected chi connectivity index (χ4v) is 3.13. The second-order valence-corrected chi connectivity index (χ2v) is 6.13. The third kappa shape index (κ3) is 4.76. The van der Waals surface area contributed by atoms with Gasteiger partial charge in [0, 0.05) is 37.3 Å². The highest BCUT2D eigenvalue weighted by Crippen LogP contribution is 2.29. The van der Waals surface area contributed by atoms with Gasteiger partial charge in [0.1, 0.15) is 0 Å². The average molecular weight is 339 g/mol. The maximum absolute atomic E-state index is 12.6. The summed E-state index contributed by atoms with van der Waals surface area (Å²) in [6.07, 6.45) is 3.18. The molecule has 2 rings (SSSR count). The lowest BCUT2D eigenvalue weighted by Crippen LogP contribution is -2.38. The van der Waals surface area contributed by atoms with Gasteiger partial charge in [-0.2, -0.15) is 0 Å². The molecule has 23 heavy (non-hydrogen) atoms. The van der Waals surface area contributed by atoms with E-state index in [4.69, 9.17) is 14.6 Å². The molecule has 1 aromatic rings. The van der Waals surface area contributed by atoms with Crippen molar-refractivity contribution in [2.24, 2.45) is 11.1 Å². The average Bonchev–Trinajstić information content (AvgIpc) is 2.61. The SMILES string of the molecule is COc1ccc(C(=O)N2CCC(CCNSN)CC2)cc1OC. The van der Waals surface area contributed by atoms with Crippen LogP contribution in [0.4, 0.5) is 0 Å². The molecule has 0 saturated carbocycles. The largest absolute Gasteiger partial charge is 0.493 e. The fraction of sp³-hybridized carbons (Fsp3) is 0.562. The van der Waals surface area contributed by atoms with Gasteiger partial charge in [-0.25, -0.2) is 0 Å². The van der Waals surface area contributed by atoms with Gasteiger partial charge >= 0.3 is 0 Å². The number of rotatable bonds is 7. The molecule has 0 bridgehead atoms. The van der Waals surface area contributed by atoms with Gasteiger partial charge in [0.05, 0.1) is 14.2 Å². The maximum Gasteiger partial charge on any atom is 0.253 e. The molecule has 0 aliphatic carbocycles. The van der Waals surface area contributed by atoms with E-state index in [2.05, 4.69) is 4.72 Å². The van der Waals surface area contributed by atoms with Gasteiger partial charge in [-0.1, -0.05) is 0 Å². The first kappa shape index (κ1) is 17.9. The van der Waals surface area contributed by atoms with Gasteiger partial charge in [-0.15, -0.1) is 0 Å². The molecule has 0 aromatic heterocycles. The molecule has 1 aliphatic heterocycles. The number of hydrogen-bond donors (Lipinski definition) is 2. The smallest absolute Gasteiger partial charge is 0.253 e. The highest BCUT2D eigenvalue weighted by atomic mass is 32.2. The maximum atomic E-state index is 12.6. The lowest BCUT2D eigenvalue weighted by atomic mass is 9.93. The predicted octanol–water partition coefficient (Wildman–Crippen LogP) is 2.06. The van der Waals surface area contributed by atoms with Crippen LogP contribution in [0.25, 0.3) is 0 Å². The quantitative estimate of drug-likeness (QED) is 0.585. The first-order valence-corrected chi connectivity index (χ1v) is 8.67. The van der Waals surface area contributed by atoms with Gasteiger partial charge in [0.25, 0.3) is 5.91 Å². The number of methoxy groups -OCH3 is 2. The Kier molecular flexibility index (Phi) is 7.01. The molecule has 1 amide bonds. The number of hydrogen-bond acceptors (Lipinski definition) is 6. The van der Waals surface area contributed by atoms with Crippen LogP contribution in [-0.4, -0.2) is 44.7 Å². The van der Waals surface area contributed by atoms with E-state index < -0.39 is 0 Å². The van der Waals surface area contributed by atoms with E-state index in [1.807, 2.05) is 4.90 Å². The standard InChI is InChI=1S/C16H25N3O3S/c1-21-14-4-3-13(11-15(14)22-2)16(20)19-9-6-12(7-10-19)5-8-18-23-17/h3-4,11-12,18H,5-10,17H2,1-2H3. The number of nitrogens with zero attached hydrogens (tertiary/aromatic N) is 1. The van der Waals surface area contributed by atoms with Crippen molar-refractivity contribution in [2.75, 3.05) is 33.9 Å². The number of carbonyl (C=O) groups excluding carboxylic acids is 1. The zero-order valence-electron chi connectivity index (χ0n) is 13.7. The Morgan fingerprint density at radius 1 is 1.30 bits per heavy atom. The van der Waals surface area contributed by atoms with Crippen molar-refractivity contribution >= 4 is 18.0 Å². The minimum atomic E-state index is 0.0556. The molecular weight excluding hydrogens is 314 g/mol. The van der Waals surface area contributed by atoms with Crippen molar-refractivity contribution in [3.63, 3.8) is 0 Å². The van der Waals surface area contributed by atoms with Gasteiger partial charge in [-0.3, -0.25) is 14.7 Å². The van der Waals surface area contributed by atoms with E-state index in [-0.39, 0.29) is 5.91 Å². The van der Waals surface area contributed by atoms with Crippen molar-refractivity contribution in [1.29, 1.82) is 0 Å². The molecule has 3 N–H and O–H groups in total. The van der Waals surface area contributed by atoms with Gasteiger partial charge in [0.2, 0.25) is 0 Å². The summed E-state index contributed by atoms with van der Waals surface area (Å²) >= 11 is 1.16. The minimum absolute atomic E-state index is 0.0556. The zero-order chi connectivity index (χ0) is 16.7. The molecule has 1 heterocycles. The molecule has 6 nitrogen and oxygen atoms in total. The van der Waals surface area contributed by atoms with Crippen LogP contribution in [0.5, 0.6) is 11.5 Å². The van der Waals surface area contributed by atoms with Crippen LogP contribution in [0.1, 0.15) is 29.6 Å². The Morgan fingerprint density at radius 3 is 2.61 bits per heavy atom. The summed E-state index contributed by atoms with van der Waals surface area (Å²) in [7, 11) is 3.16. The molecule has 1 aromatic carbocycles. The Morgan fingerprint density at radius 2 is 2.00 bits per heavy atom. The molecule has 1 fully saturated rings. The van der Waals surface area contributed by atoms with E-state index in [0.29, 0.717) is 23.0 Å². The Hall–Kier alpha value is -1.44. The Balaban J connectivity index is 1.92. The van der Waals surface area contributed by atoms with E-state index in [1.165, 1.54) is 0 Å². The second kappa shape index (κ2) is 9.00. The van der Waals surface area contributed by atoms with Crippen molar-refractivity contribution in [3.8, 4) is 11.5 Å². The van der Waals surface area contributed by atoms with Gasteiger partial charge in [-0.05, 0) is 43.4 Å². The van der Waals surface area contributed by atoms with Crippen LogP contribution >= 0.6 is 12.1 Å². The van der Waals surface area contributed by atoms with Crippen LogP contribution in [0.15, 0.2) is 18.2 Å². The summed E-state index contributed by atoms with van der Waals surface area (Å²) in [5.41, 5.74) is 0.641. The lowest BCUT2D eigenvalue weighted by molar-refractivity contribution is 0.0687. The summed E-state index contributed by atoms with van der Waals surface area (Å²) in [6, 6.07) is 5.31. The van der Waals surface area contributed by atoms with Crippen molar-refractivity contribution in [2.45, 2.75) is 19.3 Å². The highest BCUT2D eigenvalue weighted by Gasteiger charge is 2.24. The summed E-state index contributed by atoms with van der Waals surface area (Å²) in [5, 5.41) is 5.35. The minimum Gasteiger partial charge on any atom is -0.493 e. The number of carbonyl (C=O) groups is 1. The number of likely N-dealkylation sites (tertiary alicyclic amines) is 1. The fourth-order valence-electron chi connectivity index (χ4n) is 2.90. The van der Waals surface area contributed by atoms with Crippen molar-refractivity contribution in [3.05, 3.63) is 23.8 Å². The molecular formula is C16H25N3O3S. The molecule has 1 saturated heterocycles. The first-order valence-electron chi connectivity index (χ1n) is 7.79. The molecule has 0 radical (unpaired) electrons. The zero-order valence-corrected chi connectivity index (χ0v) is 14.5. The van der Waals surface area contributed by atoms with Crippen LogP contribution in [-0.2, 0) is 0 Å². The Labute approximate surface area is 142 Å². The predicted molar refractivity (Wildman–Crippen MR) is 92.6 cm³/mol.